The fourth-order valence-electron chi connectivity index (χ4n) is 6.10. The molecule has 2 aromatic carbocycles. The van der Waals surface area contributed by atoms with Crippen molar-refractivity contribution in [3.63, 3.8) is 0 Å². The number of aromatic nitrogens is 3. The molecule has 53 heavy (non-hydrogen) atoms. The van der Waals surface area contributed by atoms with E-state index in [1.165, 1.54) is 11.3 Å². The Morgan fingerprint density at radius 1 is 0.811 bits per heavy atom. The molecule has 5 aromatic rings. The summed E-state index contributed by atoms with van der Waals surface area (Å²) in [4.78, 5) is 56.2. The lowest BCUT2D eigenvalue weighted by atomic mass is 9.86. The number of hydrogen-bond donors (Lipinski definition) is 2. The minimum absolute atomic E-state index is 0.0475. The number of Topliss-reactive ketones (excluding diaryl/α,β-unsaturated/α-hetero) is 1. The maximum atomic E-state index is 14.3. The van der Waals surface area contributed by atoms with Gasteiger partial charge in [0.1, 0.15) is 6.61 Å². The first kappa shape index (κ1) is 39.3. The van der Waals surface area contributed by atoms with Crippen LogP contribution in [0.2, 0.25) is 0 Å². The monoisotopic (exact) mass is 752 g/mol. The fraction of sp³-hybridized carbons (Fsp3) is 0.366. The second-order valence-corrected chi connectivity index (χ2v) is 15.5. The number of benzene rings is 2. The molecule has 3 heterocycles. The first-order valence-electron chi connectivity index (χ1n) is 18.0. The van der Waals surface area contributed by atoms with Gasteiger partial charge in [-0.3, -0.25) is 14.8 Å². The summed E-state index contributed by atoms with van der Waals surface area (Å²) in [5.41, 5.74) is 5.60. The summed E-state index contributed by atoms with van der Waals surface area (Å²) < 4.78 is 5.53. The van der Waals surface area contributed by atoms with Crippen molar-refractivity contribution < 1.29 is 19.1 Å². The number of alkyl carbamates (subject to hydrolysis) is 1. The molecule has 0 aliphatic heterocycles. The minimum atomic E-state index is -0.756. The highest BCUT2D eigenvalue weighted by Gasteiger charge is 2.27. The number of carbonyl (C=O) groups excluding carboxylic acids is 3. The van der Waals surface area contributed by atoms with E-state index in [2.05, 4.69) is 51.6 Å². The Balaban J connectivity index is 1.30. The van der Waals surface area contributed by atoms with Crippen LogP contribution in [0.25, 0.3) is 0 Å². The number of ether oxygens (including phenoxy) is 1. The molecule has 3 amide bonds. The van der Waals surface area contributed by atoms with E-state index in [9.17, 15) is 14.4 Å². The lowest BCUT2D eigenvalue weighted by Crippen LogP contribution is -2.48. The van der Waals surface area contributed by atoms with Gasteiger partial charge in [-0.25, -0.2) is 14.6 Å². The van der Waals surface area contributed by atoms with Gasteiger partial charge in [0, 0.05) is 55.8 Å². The second-order valence-electron chi connectivity index (χ2n) is 13.6. The van der Waals surface area contributed by atoms with Gasteiger partial charge < -0.3 is 20.3 Å². The Morgan fingerprint density at radius 3 is 2.17 bits per heavy atom. The van der Waals surface area contributed by atoms with Gasteiger partial charge in [0.15, 0.2) is 5.78 Å². The van der Waals surface area contributed by atoms with Crippen molar-refractivity contribution in [2.45, 2.75) is 83.5 Å². The smallest absolute Gasteiger partial charge is 0.407 e. The summed E-state index contributed by atoms with van der Waals surface area (Å²) in [6, 6.07) is 22.6. The maximum absolute atomic E-state index is 14.3. The molecule has 3 aromatic heterocycles. The average molecular weight is 753 g/mol. The van der Waals surface area contributed by atoms with E-state index in [0.717, 1.165) is 32.3 Å². The number of pyridine rings is 1. The molecule has 3 unspecified atom stereocenters. The van der Waals surface area contributed by atoms with Crippen molar-refractivity contribution in [1.82, 2.24) is 30.5 Å². The molecule has 5 rings (SSSR count). The number of hydrogen-bond acceptors (Lipinski definition) is 9. The summed E-state index contributed by atoms with van der Waals surface area (Å²) in [7, 11) is 1.72. The van der Waals surface area contributed by atoms with Crippen LogP contribution in [0.1, 0.15) is 71.3 Å². The number of thiazole rings is 2. The quantitative estimate of drug-likeness (QED) is 0.0876. The molecule has 12 heteroatoms. The maximum Gasteiger partial charge on any atom is 0.407 e. The first-order valence-corrected chi connectivity index (χ1v) is 19.7. The Morgan fingerprint density at radius 2 is 1.53 bits per heavy atom. The Hall–Kier alpha value is -4.94. The molecule has 10 nitrogen and oxygen atoms in total. The van der Waals surface area contributed by atoms with Gasteiger partial charge in [0.25, 0.3) is 0 Å². The molecule has 0 fully saturated rings. The molecule has 0 aliphatic carbocycles. The number of nitrogens with zero attached hydrogens (tertiary/aromatic N) is 4. The van der Waals surface area contributed by atoms with E-state index in [1.807, 2.05) is 66.0 Å². The molecule has 278 valence electrons. The highest BCUT2D eigenvalue weighted by atomic mass is 32.1. The van der Waals surface area contributed by atoms with E-state index < -0.39 is 12.1 Å². The van der Waals surface area contributed by atoms with Crippen LogP contribution in [0.5, 0.6) is 0 Å². The van der Waals surface area contributed by atoms with Gasteiger partial charge in [-0.15, -0.1) is 22.7 Å². The largest absolute Gasteiger partial charge is 0.444 e. The van der Waals surface area contributed by atoms with Gasteiger partial charge in [-0.05, 0) is 54.4 Å². The zero-order valence-corrected chi connectivity index (χ0v) is 32.2. The van der Waals surface area contributed by atoms with Crippen LogP contribution in [0, 0.1) is 5.92 Å². The third kappa shape index (κ3) is 13.2. The van der Waals surface area contributed by atoms with Crippen LogP contribution in [-0.4, -0.2) is 56.9 Å². The van der Waals surface area contributed by atoms with E-state index in [1.54, 1.807) is 47.4 Å². The number of urea groups is 1. The van der Waals surface area contributed by atoms with E-state index >= 15 is 0 Å². The summed E-state index contributed by atoms with van der Waals surface area (Å²) >= 11 is 3.02. The molecule has 0 aliphatic rings. The molecular formula is C41H48N6O4S2. The number of amides is 3. The van der Waals surface area contributed by atoms with Crippen LogP contribution in [-0.2, 0) is 41.9 Å². The Labute approximate surface area is 320 Å². The van der Waals surface area contributed by atoms with Gasteiger partial charge in [-0.2, -0.15) is 0 Å². The first-order chi connectivity index (χ1) is 25.7. The lowest BCUT2D eigenvalue weighted by molar-refractivity contribution is -0.121. The molecule has 0 radical (unpaired) electrons. The zero-order chi connectivity index (χ0) is 37.4. The third-order valence-electron chi connectivity index (χ3n) is 8.91. The highest BCUT2D eigenvalue weighted by Crippen LogP contribution is 2.23. The number of rotatable bonds is 19. The van der Waals surface area contributed by atoms with Crippen molar-refractivity contribution in [3.05, 3.63) is 135 Å². The van der Waals surface area contributed by atoms with E-state index in [4.69, 9.17) is 4.74 Å². The minimum Gasteiger partial charge on any atom is -0.444 e. The molecule has 0 saturated heterocycles. The summed E-state index contributed by atoms with van der Waals surface area (Å²) in [6.07, 6.45) is 7.79. The van der Waals surface area contributed by atoms with Gasteiger partial charge in [-0.1, -0.05) is 80.6 Å². The summed E-state index contributed by atoms with van der Waals surface area (Å²) in [5.74, 6) is 0.211. The zero-order valence-electron chi connectivity index (χ0n) is 30.5. The van der Waals surface area contributed by atoms with Crippen molar-refractivity contribution in [2.24, 2.45) is 5.92 Å². The predicted octanol–water partition coefficient (Wildman–Crippen LogP) is 8.01. The summed E-state index contributed by atoms with van der Waals surface area (Å²) in [5, 5.41) is 9.13. The Bertz CT molecular complexity index is 1840. The average Bonchev–Trinajstić information content (AvgIpc) is 3.87. The van der Waals surface area contributed by atoms with Crippen LogP contribution in [0.4, 0.5) is 9.59 Å². The molecular weight excluding hydrogens is 705 g/mol. The highest BCUT2D eigenvalue weighted by molar-refractivity contribution is 7.09. The van der Waals surface area contributed by atoms with Crippen molar-refractivity contribution in [1.29, 1.82) is 0 Å². The van der Waals surface area contributed by atoms with E-state index in [-0.39, 0.29) is 36.8 Å². The van der Waals surface area contributed by atoms with Gasteiger partial charge >= 0.3 is 12.1 Å². The number of ketones is 1. The predicted molar refractivity (Wildman–Crippen MR) is 210 cm³/mol. The topological polar surface area (TPSA) is 126 Å². The molecule has 0 spiro atoms. The van der Waals surface area contributed by atoms with Crippen molar-refractivity contribution in [2.75, 3.05) is 7.05 Å². The Kier molecular flexibility index (Phi) is 15.1. The third-order valence-corrected chi connectivity index (χ3v) is 10.9. The SMILES string of the molecule is CC(C)c1nc(CN(C)C(=O)NC(Cc2cccnc2)C(=O)CC(CCC(Cc2ccccc2)NC(=O)OCc2cncs2)Cc2ccccc2)cs1. The molecule has 0 saturated carbocycles. The van der Waals surface area contributed by atoms with Crippen LogP contribution >= 0.6 is 22.7 Å². The normalized spacial score (nSPS) is 12.8. The lowest BCUT2D eigenvalue weighted by Gasteiger charge is -2.26. The standard InChI is InChI=1S/C41H48N6O4S2/c1-29(2)39-44-35(27-52-39)25-47(3)40(49)46-37(21-33-15-10-18-42-23-33)38(48)22-32(19-30-11-6-4-7-12-30)16-17-34(20-31-13-8-5-9-14-31)45-41(50)51-26-36-24-43-28-53-36/h4-15,18,23-24,27-29,32,34,37H,16-17,19-22,25-26H2,1-3H3,(H,45,50)(H,46,49). The number of nitrogens with one attached hydrogen (secondary N) is 2. The molecule has 3 atom stereocenters. The van der Waals surface area contributed by atoms with Gasteiger partial charge in [0.2, 0.25) is 0 Å². The van der Waals surface area contributed by atoms with Crippen molar-refractivity contribution >= 4 is 40.6 Å². The van der Waals surface area contributed by atoms with E-state index in [0.29, 0.717) is 44.6 Å². The molecule has 2 N–H and O–H groups in total. The summed E-state index contributed by atoms with van der Waals surface area (Å²) in [6.45, 7) is 4.68. The van der Waals surface area contributed by atoms with Crippen LogP contribution < -0.4 is 10.6 Å². The van der Waals surface area contributed by atoms with Crippen LogP contribution in [0.3, 0.4) is 0 Å². The van der Waals surface area contributed by atoms with Crippen molar-refractivity contribution in [3.8, 4) is 0 Å². The fourth-order valence-corrected chi connectivity index (χ4v) is 7.44. The van der Waals surface area contributed by atoms with Crippen LogP contribution in [0.15, 0.2) is 102 Å². The molecule has 0 bridgehead atoms. The number of carbonyl (C=O) groups is 3. The second kappa shape index (κ2) is 20.3. The van der Waals surface area contributed by atoms with Gasteiger partial charge in [0.05, 0.1) is 33.7 Å².